The van der Waals surface area contributed by atoms with E-state index in [1.807, 2.05) is 54.6 Å². The molecule has 35 heavy (non-hydrogen) atoms. The van der Waals surface area contributed by atoms with Crippen LogP contribution >= 0.6 is 0 Å². The van der Waals surface area contributed by atoms with Crippen molar-refractivity contribution >= 4 is 23.3 Å². The van der Waals surface area contributed by atoms with Crippen molar-refractivity contribution in [3.05, 3.63) is 95.6 Å². The van der Waals surface area contributed by atoms with E-state index in [0.29, 0.717) is 23.5 Å². The Labute approximate surface area is 207 Å². The summed E-state index contributed by atoms with van der Waals surface area (Å²) in [4.78, 5) is 27.0. The number of rotatable bonds is 11. The zero-order valence-electron chi connectivity index (χ0n) is 20.6. The average molecular weight is 475 g/mol. The minimum atomic E-state index is -0.361. The van der Waals surface area contributed by atoms with Crippen LogP contribution in [0.2, 0.25) is 0 Å². The van der Waals surface area contributed by atoms with Gasteiger partial charge >= 0.3 is 6.03 Å². The lowest BCUT2D eigenvalue weighted by molar-refractivity contribution is 0.0949. The second-order valence-electron chi connectivity index (χ2n) is 8.09. The van der Waals surface area contributed by atoms with Gasteiger partial charge in [0, 0.05) is 37.1 Å². The summed E-state index contributed by atoms with van der Waals surface area (Å²) in [6.45, 7) is 7.53. The molecule has 0 aromatic heterocycles. The lowest BCUT2D eigenvalue weighted by Gasteiger charge is -2.18. The van der Waals surface area contributed by atoms with Crippen LogP contribution in [0.4, 0.5) is 16.2 Å². The number of urea groups is 1. The summed E-state index contributed by atoms with van der Waals surface area (Å²) in [6, 6.07) is 24.0. The number of likely N-dealkylation sites (N-methyl/N-ethyl adjacent to an activating group) is 1. The molecule has 0 heterocycles. The van der Waals surface area contributed by atoms with Crippen LogP contribution in [-0.4, -0.2) is 50.1 Å². The van der Waals surface area contributed by atoms with Gasteiger partial charge in [-0.25, -0.2) is 4.79 Å². The van der Waals surface area contributed by atoms with Crippen LogP contribution < -0.4 is 16.0 Å². The molecule has 0 spiro atoms. The maximum atomic E-state index is 12.4. The Bertz CT molecular complexity index is 1070. The van der Waals surface area contributed by atoms with Crippen molar-refractivity contribution in [3.8, 4) is 0 Å². The fraction of sp³-hybridized carbons (Fsp3) is 0.286. The summed E-state index contributed by atoms with van der Waals surface area (Å²) >= 11 is 0. The first-order valence-corrected chi connectivity index (χ1v) is 11.9. The van der Waals surface area contributed by atoms with E-state index in [2.05, 4.69) is 34.7 Å². The number of anilines is 2. The molecule has 3 rings (SSSR count). The first-order chi connectivity index (χ1) is 17.0. The summed E-state index contributed by atoms with van der Waals surface area (Å²) in [5, 5.41) is 8.55. The van der Waals surface area contributed by atoms with E-state index in [4.69, 9.17) is 4.74 Å². The van der Waals surface area contributed by atoms with Gasteiger partial charge in [0.05, 0.1) is 0 Å². The van der Waals surface area contributed by atoms with E-state index in [1.165, 1.54) is 0 Å². The molecular weight excluding hydrogens is 440 g/mol. The minimum Gasteiger partial charge on any atom is -0.372 e. The number of carbonyl (C=O) groups is 2. The van der Waals surface area contributed by atoms with Gasteiger partial charge in [-0.1, -0.05) is 56.3 Å². The second kappa shape index (κ2) is 13.3. The zero-order chi connectivity index (χ0) is 25.0. The SMILES string of the molecule is CCN(CC)CCNC(=O)c1ccc(NC(=O)Nc2ccc(C(OC)c3ccccc3)cc2)cc1. The van der Waals surface area contributed by atoms with Crippen LogP contribution in [0, 0.1) is 0 Å². The number of ether oxygens (including phenoxy) is 1. The summed E-state index contributed by atoms with van der Waals surface area (Å²) in [5.74, 6) is -0.127. The Morgan fingerprint density at radius 3 is 1.89 bits per heavy atom. The molecule has 184 valence electrons. The van der Waals surface area contributed by atoms with Crippen molar-refractivity contribution in [3.63, 3.8) is 0 Å². The molecule has 0 radical (unpaired) electrons. The number of hydrogen-bond donors (Lipinski definition) is 3. The van der Waals surface area contributed by atoms with Gasteiger partial charge in [0.2, 0.25) is 0 Å². The molecule has 0 saturated carbocycles. The molecule has 1 atom stereocenters. The topological polar surface area (TPSA) is 82.7 Å². The van der Waals surface area contributed by atoms with E-state index in [9.17, 15) is 9.59 Å². The first-order valence-electron chi connectivity index (χ1n) is 11.9. The Balaban J connectivity index is 1.51. The van der Waals surface area contributed by atoms with Crippen molar-refractivity contribution in [2.24, 2.45) is 0 Å². The molecule has 3 N–H and O–H groups in total. The third-order valence-electron chi connectivity index (χ3n) is 5.82. The van der Waals surface area contributed by atoms with Crippen molar-refractivity contribution < 1.29 is 14.3 Å². The van der Waals surface area contributed by atoms with Gasteiger partial charge in [-0.2, -0.15) is 0 Å². The molecule has 7 heteroatoms. The van der Waals surface area contributed by atoms with Crippen molar-refractivity contribution in [1.29, 1.82) is 0 Å². The standard InChI is InChI=1S/C28H34N4O3/c1-4-32(5-2)20-19-29-27(33)23-13-17-25(18-14-23)31-28(34)30-24-15-11-22(12-16-24)26(35-3)21-9-7-6-8-10-21/h6-18,26H,4-5,19-20H2,1-3H3,(H,29,33)(H2,30,31,34). The molecule has 3 aromatic carbocycles. The largest absolute Gasteiger partial charge is 0.372 e. The van der Waals surface area contributed by atoms with E-state index >= 15 is 0 Å². The van der Waals surface area contributed by atoms with Crippen LogP contribution in [0.15, 0.2) is 78.9 Å². The summed E-state index contributed by atoms with van der Waals surface area (Å²) in [7, 11) is 1.68. The summed E-state index contributed by atoms with van der Waals surface area (Å²) in [5.41, 5.74) is 3.88. The van der Waals surface area contributed by atoms with Gasteiger partial charge in [-0.3, -0.25) is 4.79 Å². The van der Waals surface area contributed by atoms with E-state index in [0.717, 1.165) is 30.8 Å². The van der Waals surface area contributed by atoms with Crippen molar-refractivity contribution in [2.75, 3.05) is 43.9 Å². The van der Waals surface area contributed by atoms with Gasteiger partial charge in [-0.15, -0.1) is 0 Å². The Morgan fingerprint density at radius 2 is 1.34 bits per heavy atom. The molecule has 0 fully saturated rings. The minimum absolute atomic E-state index is 0.127. The number of hydrogen-bond acceptors (Lipinski definition) is 4. The lowest BCUT2D eigenvalue weighted by atomic mass is 10.0. The first kappa shape index (κ1) is 25.9. The molecular formula is C28H34N4O3. The van der Waals surface area contributed by atoms with Crippen LogP contribution in [0.25, 0.3) is 0 Å². The fourth-order valence-corrected chi connectivity index (χ4v) is 3.80. The van der Waals surface area contributed by atoms with Gasteiger partial charge < -0.3 is 25.6 Å². The number of amides is 3. The quantitative estimate of drug-likeness (QED) is 0.359. The highest BCUT2D eigenvalue weighted by atomic mass is 16.5. The molecule has 0 saturated heterocycles. The molecule has 1 unspecified atom stereocenters. The molecule has 0 aliphatic heterocycles. The van der Waals surface area contributed by atoms with Gasteiger partial charge in [0.15, 0.2) is 0 Å². The van der Waals surface area contributed by atoms with Crippen molar-refractivity contribution in [1.82, 2.24) is 10.2 Å². The smallest absolute Gasteiger partial charge is 0.323 e. The Hall–Kier alpha value is -3.68. The zero-order valence-corrected chi connectivity index (χ0v) is 20.6. The Morgan fingerprint density at radius 1 is 0.800 bits per heavy atom. The third kappa shape index (κ3) is 7.67. The highest BCUT2D eigenvalue weighted by molar-refractivity contribution is 6.00. The highest BCUT2D eigenvalue weighted by Gasteiger charge is 2.13. The average Bonchev–Trinajstić information content (AvgIpc) is 2.89. The Kier molecular flexibility index (Phi) is 9.83. The normalized spacial score (nSPS) is 11.7. The number of nitrogens with zero attached hydrogens (tertiary/aromatic N) is 1. The predicted octanol–water partition coefficient (Wildman–Crippen LogP) is 5.14. The molecule has 3 amide bonds. The number of nitrogens with one attached hydrogen (secondary N) is 3. The summed E-state index contributed by atoms with van der Waals surface area (Å²) in [6.07, 6.45) is -0.174. The molecule has 7 nitrogen and oxygen atoms in total. The van der Waals surface area contributed by atoms with Crippen LogP contribution in [0.5, 0.6) is 0 Å². The van der Waals surface area contributed by atoms with Crippen LogP contribution in [0.3, 0.4) is 0 Å². The van der Waals surface area contributed by atoms with Gasteiger partial charge in [0.1, 0.15) is 6.10 Å². The van der Waals surface area contributed by atoms with Gasteiger partial charge in [-0.05, 0) is 60.6 Å². The number of benzene rings is 3. The lowest BCUT2D eigenvalue weighted by Crippen LogP contribution is -2.34. The van der Waals surface area contributed by atoms with Crippen molar-refractivity contribution in [2.45, 2.75) is 20.0 Å². The molecule has 0 aliphatic rings. The number of carbonyl (C=O) groups excluding carboxylic acids is 2. The van der Waals surface area contributed by atoms with E-state index < -0.39 is 0 Å². The molecule has 0 bridgehead atoms. The van der Waals surface area contributed by atoms with Crippen LogP contribution in [0.1, 0.15) is 41.4 Å². The maximum absolute atomic E-state index is 12.4. The number of methoxy groups -OCH3 is 1. The van der Waals surface area contributed by atoms with E-state index in [-0.39, 0.29) is 18.0 Å². The van der Waals surface area contributed by atoms with Gasteiger partial charge in [0.25, 0.3) is 5.91 Å². The monoisotopic (exact) mass is 474 g/mol. The highest BCUT2D eigenvalue weighted by Crippen LogP contribution is 2.26. The molecule has 0 aliphatic carbocycles. The van der Waals surface area contributed by atoms with Crippen LogP contribution in [-0.2, 0) is 4.74 Å². The maximum Gasteiger partial charge on any atom is 0.323 e. The van der Waals surface area contributed by atoms with E-state index in [1.54, 1.807) is 31.4 Å². The second-order valence-corrected chi connectivity index (χ2v) is 8.09. The predicted molar refractivity (Wildman–Crippen MR) is 141 cm³/mol. The fourth-order valence-electron chi connectivity index (χ4n) is 3.80. The summed E-state index contributed by atoms with van der Waals surface area (Å²) < 4.78 is 5.66. The third-order valence-corrected chi connectivity index (χ3v) is 5.82. The molecule has 3 aromatic rings.